The van der Waals surface area contributed by atoms with Crippen molar-refractivity contribution in [3.05, 3.63) is 10.4 Å². The molecule has 8 nitrogen and oxygen atoms in total. The second-order valence-electron chi connectivity index (χ2n) is 4.01. The first-order valence-electron chi connectivity index (χ1n) is 4.80. The van der Waals surface area contributed by atoms with Gasteiger partial charge in [-0.05, 0) is 5.53 Å². The Bertz CT molecular complexity index is 297. The van der Waals surface area contributed by atoms with Crippen LogP contribution in [0.3, 0.4) is 0 Å². The zero-order chi connectivity index (χ0) is 12.7. The van der Waals surface area contributed by atoms with Crippen molar-refractivity contribution in [2.24, 2.45) is 5.11 Å². The quantitative estimate of drug-likeness (QED) is 0.167. The van der Waals surface area contributed by atoms with Gasteiger partial charge in [-0.2, -0.15) is 0 Å². The van der Waals surface area contributed by atoms with Crippen LogP contribution in [0.2, 0.25) is 0 Å². The Labute approximate surface area is 94.3 Å². The average Bonchev–Trinajstić information content (AvgIpc) is 2.10. The van der Waals surface area contributed by atoms with Gasteiger partial charge in [-0.3, -0.25) is 4.52 Å². The normalized spacial score (nSPS) is 12.2. The lowest BCUT2D eigenvalue weighted by Crippen LogP contribution is -2.43. The first kappa shape index (κ1) is 15.4. The van der Waals surface area contributed by atoms with Crippen molar-refractivity contribution in [1.82, 2.24) is 0 Å². The summed E-state index contributed by atoms with van der Waals surface area (Å²) in [6.07, 6.45) is 0.729. The Hall–Kier alpha value is -0.620. The van der Waals surface area contributed by atoms with Crippen molar-refractivity contribution in [3.63, 3.8) is 0 Å². The molecule has 0 bridgehead atoms. The first-order valence-corrected chi connectivity index (χ1v) is 6.33. The van der Waals surface area contributed by atoms with Gasteiger partial charge in [0, 0.05) is 17.9 Å². The molecule has 0 saturated heterocycles. The summed E-state index contributed by atoms with van der Waals surface area (Å²) in [7, 11) is -0.533. The van der Waals surface area contributed by atoms with Gasteiger partial charge in [0.05, 0.1) is 20.6 Å². The van der Waals surface area contributed by atoms with E-state index in [1.165, 1.54) is 0 Å². The molecule has 0 aromatic heterocycles. The van der Waals surface area contributed by atoms with E-state index in [1.807, 2.05) is 14.1 Å². The van der Waals surface area contributed by atoms with Crippen LogP contribution >= 0.6 is 7.82 Å². The highest BCUT2D eigenvalue weighted by molar-refractivity contribution is 7.46. The summed E-state index contributed by atoms with van der Waals surface area (Å²) in [5.74, 6) is 0. The Balaban J connectivity index is 3.77. The van der Waals surface area contributed by atoms with Crippen LogP contribution in [0.5, 0.6) is 0 Å². The maximum absolute atomic E-state index is 10.4. The second-order valence-corrected chi connectivity index (χ2v) is 5.25. The molecule has 0 heterocycles. The third-order valence-electron chi connectivity index (χ3n) is 2.04. The standard InChI is InChI=1S/C7H17N4O4P/c1-11(2,5-3-4-9-10-8)6-7-15-16(12,13)14/h3-7H2,1-2H3,(H-,12,13,14)/p+1. The molecule has 0 amide bonds. The van der Waals surface area contributed by atoms with E-state index in [4.69, 9.17) is 15.3 Å². The van der Waals surface area contributed by atoms with E-state index in [1.54, 1.807) is 0 Å². The number of phosphoric acid groups is 1. The summed E-state index contributed by atoms with van der Waals surface area (Å²) < 4.78 is 15.3. The Morgan fingerprint density at radius 1 is 1.44 bits per heavy atom. The van der Waals surface area contributed by atoms with Gasteiger partial charge < -0.3 is 14.3 Å². The van der Waals surface area contributed by atoms with Crippen molar-refractivity contribution in [2.75, 3.05) is 40.3 Å². The van der Waals surface area contributed by atoms with Gasteiger partial charge in [0.2, 0.25) is 0 Å². The summed E-state index contributed by atoms with van der Waals surface area (Å²) in [4.78, 5) is 19.6. The molecule has 0 aliphatic carbocycles. The highest BCUT2D eigenvalue weighted by Crippen LogP contribution is 2.35. The van der Waals surface area contributed by atoms with Gasteiger partial charge >= 0.3 is 7.82 Å². The van der Waals surface area contributed by atoms with Crippen molar-refractivity contribution in [3.8, 4) is 0 Å². The van der Waals surface area contributed by atoms with Gasteiger partial charge in [-0.15, -0.1) is 0 Å². The number of nitrogens with zero attached hydrogens (tertiary/aromatic N) is 4. The number of phosphoric ester groups is 1. The van der Waals surface area contributed by atoms with E-state index in [-0.39, 0.29) is 6.61 Å². The number of likely N-dealkylation sites (N-methyl/N-ethyl adjacent to an activating group) is 1. The average molecular weight is 253 g/mol. The molecule has 0 unspecified atom stereocenters. The van der Waals surface area contributed by atoms with E-state index in [0.29, 0.717) is 17.6 Å². The Kier molecular flexibility index (Phi) is 6.59. The van der Waals surface area contributed by atoms with Gasteiger partial charge in [0.25, 0.3) is 0 Å². The molecule has 0 fully saturated rings. The van der Waals surface area contributed by atoms with Crippen LogP contribution < -0.4 is 0 Å². The van der Waals surface area contributed by atoms with Crippen LogP contribution in [-0.4, -0.2) is 54.6 Å². The minimum atomic E-state index is -4.36. The molecule has 0 saturated carbocycles. The van der Waals surface area contributed by atoms with Crippen LogP contribution in [0, 0.1) is 0 Å². The molecule has 0 radical (unpaired) electrons. The van der Waals surface area contributed by atoms with E-state index < -0.39 is 7.82 Å². The van der Waals surface area contributed by atoms with Crippen molar-refractivity contribution in [1.29, 1.82) is 0 Å². The largest absolute Gasteiger partial charge is 0.469 e. The maximum Gasteiger partial charge on any atom is 0.469 e. The van der Waals surface area contributed by atoms with Gasteiger partial charge in [0.15, 0.2) is 0 Å². The summed E-state index contributed by atoms with van der Waals surface area (Å²) in [6, 6.07) is 0. The van der Waals surface area contributed by atoms with Crippen molar-refractivity contribution >= 4 is 7.82 Å². The summed E-state index contributed by atoms with van der Waals surface area (Å²) in [5.41, 5.74) is 8.07. The second kappa shape index (κ2) is 6.85. The van der Waals surface area contributed by atoms with E-state index >= 15 is 0 Å². The molecule has 0 aromatic rings. The fourth-order valence-electron chi connectivity index (χ4n) is 1.13. The van der Waals surface area contributed by atoms with Gasteiger partial charge in [-0.25, -0.2) is 4.57 Å². The predicted octanol–water partition coefficient (Wildman–Crippen LogP) is 0.872. The Morgan fingerprint density at radius 3 is 2.56 bits per heavy atom. The number of hydrogen-bond donors (Lipinski definition) is 2. The van der Waals surface area contributed by atoms with E-state index in [2.05, 4.69) is 14.5 Å². The SMILES string of the molecule is C[N+](C)(CCCN=[N+]=[N-])CCOP(=O)(O)O. The topological polar surface area (TPSA) is 116 Å². The van der Waals surface area contributed by atoms with Crippen LogP contribution in [0.25, 0.3) is 10.4 Å². The molecule has 0 aliphatic heterocycles. The molecule has 0 rings (SSSR count). The highest BCUT2D eigenvalue weighted by Gasteiger charge is 2.18. The molecular formula is C7H18N4O4P+. The molecular weight excluding hydrogens is 235 g/mol. The molecule has 0 atom stereocenters. The molecule has 9 heteroatoms. The lowest BCUT2D eigenvalue weighted by molar-refractivity contribution is -0.890. The van der Waals surface area contributed by atoms with Crippen molar-refractivity contribution in [2.45, 2.75) is 6.42 Å². The van der Waals surface area contributed by atoms with E-state index in [9.17, 15) is 4.57 Å². The number of hydrogen-bond acceptors (Lipinski definition) is 3. The lowest BCUT2D eigenvalue weighted by Gasteiger charge is -2.29. The van der Waals surface area contributed by atoms with E-state index in [0.717, 1.165) is 13.0 Å². The highest BCUT2D eigenvalue weighted by atomic mass is 31.2. The fraction of sp³-hybridized carbons (Fsp3) is 1.00. The van der Waals surface area contributed by atoms with Gasteiger partial charge in [-0.1, -0.05) is 5.11 Å². The predicted molar refractivity (Wildman–Crippen MR) is 58.5 cm³/mol. The van der Waals surface area contributed by atoms with Crippen LogP contribution in [-0.2, 0) is 9.09 Å². The summed E-state index contributed by atoms with van der Waals surface area (Å²) in [6.45, 7) is 1.67. The summed E-state index contributed by atoms with van der Waals surface area (Å²) >= 11 is 0. The molecule has 16 heavy (non-hydrogen) atoms. The zero-order valence-corrected chi connectivity index (χ0v) is 10.4. The van der Waals surface area contributed by atoms with Crippen molar-refractivity contribution < 1.29 is 23.4 Å². The molecule has 94 valence electrons. The Morgan fingerprint density at radius 2 is 2.06 bits per heavy atom. The van der Waals surface area contributed by atoms with Crippen LogP contribution in [0.4, 0.5) is 0 Å². The molecule has 0 aliphatic rings. The molecule has 2 N–H and O–H groups in total. The molecule has 0 aromatic carbocycles. The summed E-state index contributed by atoms with van der Waals surface area (Å²) in [5, 5.41) is 3.41. The van der Waals surface area contributed by atoms with Crippen LogP contribution in [0.15, 0.2) is 5.11 Å². The fourth-order valence-corrected chi connectivity index (χ4v) is 1.45. The monoisotopic (exact) mass is 253 g/mol. The molecule has 0 spiro atoms. The number of quaternary nitrogens is 1. The maximum atomic E-state index is 10.4. The van der Waals surface area contributed by atoms with Gasteiger partial charge in [0.1, 0.15) is 13.2 Å². The number of rotatable bonds is 8. The minimum absolute atomic E-state index is 0.00119. The first-order chi connectivity index (χ1) is 7.27. The lowest BCUT2D eigenvalue weighted by atomic mass is 10.3. The number of azide groups is 1. The van der Waals surface area contributed by atoms with Crippen LogP contribution in [0.1, 0.15) is 6.42 Å². The third-order valence-corrected chi connectivity index (χ3v) is 2.56. The zero-order valence-electron chi connectivity index (χ0n) is 9.48. The smallest absolute Gasteiger partial charge is 0.327 e. The minimum Gasteiger partial charge on any atom is -0.327 e. The third kappa shape index (κ3) is 9.92.